The predicted octanol–water partition coefficient (Wildman–Crippen LogP) is 2.41. The normalized spacial score (nSPS) is 27.9. The molecule has 0 saturated heterocycles. The smallest absolute Gasteiger partial charge is 0.320 e. The second-order valence-electron chi connectivity index (χ2n) is 4.81. The molecule has 0 aliphatic heterocycles. The molecule has 3 atom stereocenters. The zero-order valence-electron chi connectivity index (χ0n) is 9.83. The molecule has 3 heteroatoms. The maximum Gasteiger partial charge on any atom is 0.320 e. The minimum atomic E-state index is -0.692. The van der Waals surface area contributed by atoms with Crippen LogP contribution in [-0.2, 0) is 4.79 Å². The van der Waals surface area contributed by atoms with Gasteiger partial charge in [0.1, 0.15) is 6.04 Å². The largest absolute Gasteiger partial charge is 0.480 e. The number of carboxylic acids is 1. The summed E-state index contributed by atoms with van der Waals surface area (Å²) in [6.45, 7) is 4.33. The highest BCUT2D eigenvalue weighted by molar-refractivity contribution is 5.73. The first-order chi connectivity index (χ1) is 7.13. The van der Waals surface area contributed by atoms with Gasteiger partial charge < -0.3 is 10.4 Å². The Labute approximate surface area is 92.3 Å². The van der Waals surface area contributed by atoms with Crippen LogP contribution < -0.4 is 5.32 Å². The maximum atomic E-state index is 11.0. The number of hydrogen-bond acceptors (Lipinski definition) is 2. The van der Waals surface area contributed by atoms with Gasteiger partial charge in [-0.3, -0.25) is 4.79 Å². The molecule has 2 unspecified atom stereocenters. The Morgan fingerprint density at radius 1 is 1.53 bits per heavy atom. The summed E-state index contributed by atoms with van der Waals surface area (Å²) in [4.78, 5) is 11.0. The van der Waals surface area contributed by atoms with Crippen LogP contribution in [0.2, 0.25) is 0 Å². The van der Waals surface area contributed by atoms with E-state index < -0.39 is 5.97 Å². The highest BCUT2D eigenvalue weighted by atomic mass is 16.4. The van der Waals surface area contributed by atoms with Crippen LogP contribution >= 0.6 is 0 Å². The SMILES string of the molecule is CCCC[C@H](NC1CCC(C)C1)C(=O)O. The predicted molar refractivity (Wildman–Crippen MR) is 60.9 cm³/mol. The number of rotatable bonds is 6. The number of nitrogens with one attached hydrogen (secondary N) is 1. The second kappa shape index (κ2) is 6.11. The van der Waals surface area contributed by atoms with E-state index >= 15 is 0 Å². The Hall–Kier alpha value is -0.570. The summed E-state index contributed by atoms with van der Waals surface area (Å²) in [7, 11) is 0. The number of unbranched alkanes of at least 4 members (excludes halogenated alkanes) is 1. The lowest BCUT2D eigenvalue weighted by Crippen LogP contribution is -2.42. The highest BCUT2D eigenvalue weighted by Gasteiger charge is 2.26. The fourth-order valence-electron chi connectivity index (χ4n) is 2.33. The van der Waals surface area contributed by atoms with Gasteiger partial charge >= 0.3 is 5.97 Å². The Morgan fingerprint density at radius 3 is 2.73 bits per heavy atom. The molecule has 0 amide bonds. The molecule has 0 aromatic carbocycles. The Balaban J connectivity index is 2.33. The van der Waals surface area contributed by atoms with E-state index in [-0.39, 0.29) is 6.04 Å². The van der Waals surface area contributed by atoms with Crippen molar-refractivity contribution >= 4 is 5.97 Å². The summed E-state index contributed by atoms with van der Waals surface area (Å²) in [5.41, 5.74) is 0. The van der Waals surface area contributed by atoms with E-state index in [1.54, 1.807) is 0 Å². The number of carbonyl (C=O) groups is 1. The minimum absolute atomic E-state index is 0.333. The first-order valence-corrected chi connectivity index (χ1v) is 6.12. The number of aliphatic carboxylic acids is 1. The molecule has 0 radical (unpaired) electrons. The standard InChI is InChI=1S/C12H23NO2/c1-3-4-5-11(12(14)15)13-10-7-6-9(2)8-10/h9-11,13H,3-8H2,1-2H3,(H,14,15)/t9?,10?,11-/m0/s1. The molecule has 1 aliphatic carbocycles. The van der Waals surface area contributed by atoms with Crippen molar-refractivity contribution in [3.8, 4) is 0 Å². The third-order valence-electron chi connectivity index (χ3n) is 3.28. The zero-order chi connectivity index (χ0) is 11.3. The number of hydrogen-bond donors (Lipinski definition) is 2. The van der Waals surface area contributed by atoms with Crippen LogP contribution in [0.4, 0.5) is 0 Å². The molecule has 1 rings (SSSR count). The van der Waals surface area contributed by atoms with Gasteiger partial charge in [-0.1, -0.05) is 26.7 Å². The zero-order valence-corrected chi connectivity index (χ0v) is 9.83. The maximum absolute atomic E-state index is 11.0. The molecule has 88 valence electrons. The summed E-state index contributed by atoms with van der Waals surface area (Å²) in [5.74, 6) is 0.0612. The van der Waals surface area contributed by atoms with Crippen LogP contribution in [0.15, 0.2) is 0 Å². The van der Waals surface area contributed by atoms with Gasteiger partial charge in [-0.15, -0.1) is 0 Å². The molecule has 1 fully saturated rings. The third kappa shape index (κ3) is 4.20. The monoisotopic (exact) mass is 213 g/mol. The molecule has 0 aromatic rings. The number of carboxylic acid groups (broad SMARTS) is 1. The van der Waals surface area contributed by atoms with E-state index in [0.29, 0.717) is 6.04 Å². The van der Waals surface area contributed by atoms with Crippen molar-refractivity contribution in [2.45, 2.75) is 64.5 Å². The molecular formula is C12H23NO2. The lowest BCUT2D eigenvalue weighted by Gasteiger charge is -2.19. The Kier molecular flexibility index (Phi) is 5.09. The van der Waals surface area contributed by atoms with Gasteiger partial charge in [0, 0.05) is 6.04 Å². The van der Waals surface area contributed by atoms with Crippen LogP contribution in [0.5, 0.6) is 0 Å². The van der Waals surface area contributed by atoms with E-state index in [4.69, 9.17) is 5.11 Å². The van der Waals surface area contributed by atoms with Gasteiger partial charge in [0.25, 0.3) is 0 Å². The quantitative estimate of drug-likeness (QED) is 0.712. The summed E-state index contributed by atoms with van der Waals surface area (Å²) >= 11 is 0. The molecule has 0 heterocycles. The van der Waals surface area contributed by atoms with Crippen LogP contribution in [-0.4, -0.2) is 23.2 Å². The van der Waals surface area contributed by atoms with Crippen LogP contribution in [0, 0.1) is 5.92 Å². The van der Waals surface area contributed by atoms with Crippen molar-refractivity contribution in [2.24, 2.45) is 5.92 Å². The van der Waals surface area contributed by atoms with Crippen molar-refractivity contribution in [1.29, 1.82) is 0 Å². The fraction of sp³-hybridized carbons (Fsp3) is 0.917. The van der Waals surface area contributed by atoms with Gasteiger partial charge in [-0.25, -0.2) is 0 Å². The van der Waals surface area contributed by atoms with Gasteiger partial charge in [0.05, 0.1) is 0 Å². The average Bonchev–Trinajstić information content (AvgIpc) is 2.58. The molecule has 1 saturated carbocycles. The van der Waals surface area contributed by atoms with Crippen molar-refractivity contribution < 1.29 is 9.90 Å². The molecule has 0 spiro atoms. The second-order valence-corrected chi connectivity index (χ2v) is 4.81. The lowest BCUT2D eigenvalue weighted by atomic mass is 10.1. The van der Waals surface area contributed by atoms with Gasteiger partial charge in [0.2, 0.25) is 0 Å². The van der Waals surface area contributed by atoms with Crippen LogP contribution in [0.1, 0.15) is 52.4 Å². The topological polar surface area (TPSA) is 49.3 Å². The van der Waals surface area contributed by atoms with Crippen LogP contribution in [0.25, 0.3) is 0 Å². The first kappa shape index (κ1) is 12.5. The van der Waals surface area contributed by atoms with Gasteiger partial charge in [-0.2, -0.15) is 0 Å². The molecule has 15 heavy (non-hydrogen) atoms. The molecule has 0 bridgehead atoms. The van der Waals surface area contributed by atoms with E-state index in [0.717, 1.165) is 38.0 Å². The summed E-state index contributed by atoms with van der Waals surface area (Å²) in [5, 5.41) is 12.3. The van der Waals surface area contributed by atoms with Crippen molar-refractivity contribution in [2.75, 3.05) is 0 Å². The van der Waals surface area contributed by atoms with Crippen LogP contribution in [0.3, 0.4) is 0 Å². The van der Waals surface area contributed by atoms with E-state index in [1.165, 1.54) is 6.42 Å². The summed E-state index contributed by atoms with van der Waals surface area (Å²) in [6.07, 6.45) is 6.32. The Bertz CT molecular complexity index is 206. The summed E-state index contributed by atoms with van der Waals surface area (Å²) in [6, 6.07) is 0.0956. The lowest BCUT2D eigenvalue weighted by molar-refractivity contribution is -0.139. The first-order valence-electron chi connectivity index (χ1n) is 6.12. The molecule has 1 aliphatic rings. The molecular weight excluding hydrogens is 190 g/mol. The van der Waals surface area contributed by atoms with Crippen molar-refractivity contribution in [1.82, 2.24) is 5.32 Å². The molecule has 0 aromatic heterocycles. The third-order valence-corrected chi connectivity index (χ3v) is 3.28. The minimum Gasteiger partial charge on any atom is -0.480 e. The average molecular weight is 213 g/mol. The molecule has 2 N–H and O–H groups in total. The Morgan fingerprint density at radius 2 is 2.27 bits per heavy atom. The molecule has 3 nitrogen and oxygen atoms in total. The van der Waals surface area contributed by atoms with E-state index in [9.17, 15) is 4.79 Å². The highest BCUT2D eigenvalue weighted by Crippen LogP contribution is 2.25. The van der Waals surface area contributed by atoms with Crippen molar-refractivity contribution in [3.05, 3.63) is 0 Å². The van der Waals surface area contributed by atoms with Crippen molar-refractivity contribution in [3.63, 3.8) is 0 Å². The van der Waals surface area contributed by atoms with E-state index in [2.05, 4.69) is 19.2 Å². The fourth-order valence-corrected chi connectivity index (χ4v) is 2.33. The van der Waals surface area contributed by atoms with Gasteiger partial charge in [-0.05, 0) is 31.6 Å². The van der Waals surface area contributed by atoms with Gasteiger partial charge in [0.15, 0.2) is 0 Å². The summed E-state index contributed by atoms with van der Waals surface area (Å²) < 4.78 is 0. The van der Waals surface area contributed by atoms with E-state index in [1.807, 2.05) is 0 Å².